The summed E-state index contributed by atoms with van der Waals surface area (Å²) < 4.78 is 10.2. The van der Waals surface area contributed by atoms with Gasteiger partial charge in [0.1, 0.15) is 24.4 Å². The van der Waals surface area contributed by atoms with Crippen LogP contribution < -0.4 is 5.32 Å². The number of aliphatic hydroxyl groups excluding tert-OH is 3. The Hall–Kier alpha value is -0.730. The van der Waals surface area contributed by atoms with Crippen LogP contribution in [-0.2, 0) is 14.3 Å². The normalized spacial score (nSPS) is 36.1. The molecule has 0 spiro atoms. The van der Waals surface area contributed by atoms with Crippen molar-refractivity contribution in [3.05, 3.63) is 0 Å². The molecule has 7 nitrogen and oxygen atoms in total. The highest BCUT2D eigenvalue weighted by Gasteiger charge is 2.44. The summed E-state index contributed by atoms with van der Waals surface area (Å²) in [5.74, 6) is -0.196. The lowest BCUT2D eigenvalue weighted by Crippen LogP contribution is -2.60. The number of ether oxygens (including phenoxy) is 2. The van der Waals surface area contributed by atoms with Gasteiger partial charge in [0.25, 0.3) is 0 Å². The lowest BCUT2D eigenvalue weighted by Gasteiger charge is -2.40. The maximum absolute atomic E-state index is 11.7. The molecule has 1 aliphatic rings. The zero-order valence-corrected chi connectivity index (χ0v) is 11.7. The fourth-order valence-electron chi connectivity index (χ4n) is 1.74. The molecule has 4 N–H and O–H groups in total. The van der Waals surface area contributed by atoms with E-state index in [-0.39, 0.29) is 12.5 Å². The first kappa shape index (κ1) is 16.3. The molecule has 0 saturated carbocycles. The predicted octanol–water partition coefficient (Wildman–Crippen LogP) is -1.40. The van der Waals surface area contributed by atoms with E-state index in [2.05, 4.69) is 5.32 Å². The van der Waals surface area contributed by atoms with Crippen LogP contribution in [0.4, 0.5) is 0 Å². The van der Waals surface area contributed by atoms with Crippen LogP contribution in [0.5, 0.6) is 0 Å². The third-order valence-corrected chi connectivity index (χ3v) is 3.05. The van der Waals surface area contributed by atoms with E-state index in [0.717, 1.165) is 0 Å². The Morgan fingerprint density at radius 3 is 2.26 bits per heavy atom. The summed E-state index contributed by atoms with van der Waals surface area (Å²) in [4.78, 5) is 11.7. The van der Waals surface area contributed by atoms with Crippen LogP contribution in [0.15, 0.2) is 0 Å². The van der Waals surface area contributed by atoms with Crippen molar-refractivity contribution in [2.75, 3.05) is 13.7 Å². The number of hydrogen-bond donors (Lipinski definition) is 4. The summed E-state index contributed by atoms with van der Waals surface area (Å²) in [7, 11) is 1.32. The van der Waals surface area contributed by atoms with Crippen LogP contribution in [0.2, 0.25) is 0 Å². The predicted molar refractivity (Wildman–Crippen MR) is 66.2 cm³/mol. The Morgan fingerprint density at radius 2 is 1.79 bits per heavy atom. The van der Waals surface area contributed by atoms with Crippen LogP contribution >= 0.6 is 0 Å². The van der Waals surface area contributed by atoms with Gasteiger partial charge in [-0.1, -0.05) is 20.8 Å². The van der Waals surface area contributed by atoms with Crippen LogP contribution in [0.25, 0.3) is 0 Å². The molecule has 0 aromatic rings. The summed E-state index contributed by atoms with van der Waals surface area (Å²) in [5, 5.41) is 31.7. The summed E-state index contributed by atoms with van der Waals surface area (Å²) in [6.07, 6.45) is -5.86. The second-order valence-electron chi connectivity index (χ2n) is 5.71. The molecule has 0 aliphatic carbocycles. The Labute approximate surface area is 112 Å². The fourth-order valence-corrected chi connectivity index (χ4v) is 1.74. The zero-order chi connectivity index (χ0) is 14.8. The van der Waals surface area contributed by atoms with E-state index in [1.165, 1.54) is 7.11 Å². The molecule has 5 atom stereocenters. The van der Waals surface area contributed by atoms with Gasteiger partial charge in [-0.05, 0) is 0 Å². The lowest BCUT2D eigenvalue weighted by atomic mass is 9.95. The molecule has 1 rings (SSSR count). The van der Waals surface area contributed by atoms with Crippen LogP contribution in [0.1, 0.15) is 20.8 Å². The molecule has 2 unspecified atom stereocenters. The topological polar surface area (TPSA) is 108 Å². The zero-order valence-electron chi connectivity index (χ0n) is 11.7. The summed E-state index contributed by atoms with van der Waals surface area (Å²) in [6, 6.07) is 0. The first-order chi connectivity index (χ1) is 8.68. The minimum absolute atomic E-state index is 0.0287. The van der Waals surface area contributed by atoms with Crippen LogP contribution in [0, 0.1) is 5.41 Å². The smallest absolute Gasteiger partial charge is 0.225 e. The second-order valence-corrected chi connectivity index (χ2v) is 5.71. The minimum Gasteiger partial charge on any atom is -0.388 e. The van der Waals surface area contributed by atoms with Gasteiger partial charge in [0.15, 0.2) is 6.29 Å². The highest BCUT2D eigenvalue weighted by molar-refractivity contribution is 5.81. The molecule has 1 heterocycles. The maximum Gasteiger partial charge on any atom is 0.225 e. The van der Waals surface area contributed by atoms with Crippen molar-refractivity contribution in [3.8, 4) is 0 Å². The van der Waals surface area contributed by atoms with E-state index >= 15 is 0 Å². The second kappa shape index (κ2) is 6.15. The molecular weight excluding hydrogens is 254 g/mol. The van der Waals surface area contributed by atoms with Gasteiger partial charge in [0.05, 0.1) is 0 Å². The molecule has 0 aromatic carbocycles. The molecule has 1 saturated heterocycles. The Morgan fingerprint density at radius 1 is 1.21 bits per heavy atom. The van der Waals surface area contributed by atoms with Gasteiger partial charge in [-0.3, -0.25) is 4.79 Å². The van der Waals surface area contributed by atoms with E-state index < -0.39 is 36.1 Å². The molecule has 1 fully saturated rings. The lowest BCUT2D eigenvalue weighted by molar-refractivity contribution is -0.288. The third kappa shape index (κ3) is 3.87. The van der Waals surface area contributed by atoms with Gasteiger partial charge in [0.2, 0.25) is 5.91 Å². The van der Waals surface area contributed by atoms with Gasteiger partial charge >= 0.3 is 0 Å². The molecule has 112 valence electrons. The molecule has 0 aromatic heterocycles. The number of amides is 1. The number of rotatable bonds is 3. The average molecular weight is 277 g/mol. The van der Waals surface area contributed by atoms with Gasteiger partial charge in [-0.25, -0.2) is 0 Å². The van der Waals surface area contributed by atoms with Crippen LogP contribution in [0.3, 0.4) is 0 Å². The van der Waals surface area contributed by atoms with Crippen molar-refractivity contribution in [3.63, 3.8) is 0 Å². The van der Waals surface area contributed by atoms with Crippen molar-refractivity contribution >= 4 is 5.91 Å². The highest BCUT2D eigenvalue weighted by atomic mass is 16.7. The molecular formula is C12H23NO6. The van der Waals surface area contributed by atoms with Crippen molar-refractivity contribution in [2.45, 2.75) is 51.5 Å². The Bertz CT molecular complexity index is 314. The highest BCUT2D eigenvalue weighted by Crippen LogP contribution is 2.21. The SMILES string of the molecule is CO[C@@H]1OC(CNC(=O)C(C)(C)C)[C@@H](O)C(O)[C@@H]1O. The summed E-state index contributed by atoms with van der Waals surface area (Å²) in [6.45, 7) is 5.31. The van der Waals surface area contributed by atoms with Crippen molar-refractivity contribution in [2.24, 2.45) is 5.41 Å². The van der Waals surface area contributed by atoms with Gasteiger partial charge < -0.3 is 30.1 Å². The number of nitrogens with one attached hydrogen (secondary N) is 1. The first-order valence-electron chi connectivity index (χ1n) is 6.19. The monoisotopic (exact) mass is 277 g/mol. The van der Waals surface area contributed by atoms with E-state index in [9.17, 15) is 20.1 Å². The molecule has 7 heteroatoms. The van der Waals surface area contributed by atoms with E-state index in [1.807, 2.05) is 0 Å². The molecule has 0 radical (unpaired) electrons. The van der Waals surface area contributed by atoms with Crippen molar-refractivity contribution in [1.29, 1.82) is 0 Å². The van der Waals surface area contributed by atoms with Crippen molar-refractivity contribution in [1.82, 2.24) is 5.32 Å². The maximum atomic E-state index is 11.7. The quantitative estimate of drug-likeness (QED) is 0.505. The molecule has 0 bridgehead atoms. The first-order valence-corrected chi connectivity index (χ1v) is 6.19. The van der Waals surface area contributed by atoms with E-state index in [0.29, 0.717) is 0 Å². The standard InChI is InChI=1S/C12H23NO6/c1-12(2,3)11(17)13-5-6-7(14)8(15)9(16)10(18-4)19-6/h6-10,14-16H,5H2,1-4H3,(H,13,17)/t6?,7-,8?,9+,10-/m1/s1. The third-order valence-electron chi connectivity index (χ3n) is 3.05. The molecule has 1 aliphatic heterocycles. The number of aliphatic hydroxyl groups is 3. The van der Waals surface area contributed by atoms with Gasteiger partial charge in [-0.15, -0.1) is 0 Å². The largest absolute Gasteiger partial charge is 0.388 e. The van der Waals surface area contributed by atoms with Gasteiger partial charge in [0, 0.05) is 19.1 Å². The van der Waals surface area contributed by atoms with E-state index in [1.54, 1.807) is 20.8 Å². The summed E-state index contributed by atoms with van der Waals surface area (Å²) >= 11 is 0. The average Bonchev–Trinajstić information content (AvgIpc) is 2.33. The number of carbonyl (C=O) groups excluding carboxylic acids is 1. The minimum atomic E-state index is -1.38. The Kier molecular flexibility index (Phi) is 5.28. The van der Waals surface area contributed by atoms with Crippen LogP contribution in [-0.4, -0.2) is 65.6 Å². The van der Waals surface area contributed by atoms with Crippen molar-refractivity contribution < 1.29 is 29.6 Å². The number of hydrogen-bond acceptors (Lipinski definition) is 6. The fraction of sp³-hybridized carbons (Fsp3) is 0.917. The van der Waals surface area contributed by atoms with Gasteiger partial charge in [-0.2, -0.15) is 0 Å². The molecule has 19 heavy (non-hydrogen) atoms. The number of carbonyl (C=O) groups is 1. The molecule has 1 amide bonds. The summed E-state index contributed by atoms with van der Waals surface area (Å²) in [5.41, 5.74) is -0.557. The Balaban J connectivity index is 2.60. The number of methoxy groups -OCH3 is 1. The van der Waals surface area contributed by atoms with E-state index in [4.69, 9.17) is 9.47 Å².